The number of hydrogen-bond acceptors (Lipinski definition) is 5. The van der Waals surface area contributed by atoms with Crippen LogP contribution in [0.2, 0.25) is 0 Å². The zero-order valence-corrected chi connectivity index (χ0v) is 18.2. The number of fused-ring (bicyclic) bond motifs is 1. The van der Waals surface area contributed by atoms with E-state index in [1.807, 2.05) is 60.7 Å². The highest BCUT2D eigenvalue weighted by molar-refractivity contribution is 9.10. The Hall–Kier alpha value is -3.71. The summed E-state index contributed by atoms with van der Waals surface area (Å²) in [5.74, 6) is 1.21. The van der Waals surface area contributed by atoms with E-state index in [0.717, 1.165) is 15.4 Å². The van der Waals surface area contributed by atoms with E-state index in [2.05, 4.69) is 26.5 Å². The number of aliphatic imine (C=N–C) groups is 1. The van der Waals surface area contributed by atoms with E-state index in [-0.39, 0.29) is 5.75 Å². The Balaban J connectivity index is 1.74. The van der Waals surface area contributed by atoms with E-state index < -0.39 is 0 Å². The average molecular weight is 475 g/mol. The number of halogens is 1. The van der Waals surface area contributed by atoms with Gasteiger partial charge in [0.2, 0.25) is 0 Å². The SMILES string of the molecule is COc1ccccc1N=C(N/N=C/c1cc(Br)ccc1O)c1ccc2ccccc2n1. The highest BCUT2D eigenvalue weighted by Crippen LogP contribution is 2.27. The van der Waals surface area contributed by atoms with E-state index in [1.54, 1.807) is 25.3 Å². The van der Waals surface area contributed by atoms with Crippen LogP contribution in [0.1, 0.15) is 11.3 Å². The van der Waals surface area contributed by atoms with Crippen molar-refractivity contribution in [3.63, 3.8) is 0 Å². The third-order valence-corrected chi connectivity index (χ3v) is 5.02. The van der Waals surface area contributed by atoms with Crippen LogP contribution >= 0.6 is 15.9 Å². The third kappa shape index (κ3) is 4.90. The van der Waals surface area contributed by atoms with Gasteiger partial charge in [0.25, 0.3) is 0 Å². The first-order chi connectivity index (χ1) is 15.1. The van der Waals surface area contributed by atoms with Crippen LogP contribution in [-0.4, -0.2) is 29.3 Å². The quantitative estimate of drug-likeness (QED) is 0.230. The average Bonchev–Trinajstić information content (AvgIpc) is 2.80. The fourth-order valence-electron chi connectivity index (χ4n) is 2.97. The number of hydrogen-bond donors (Lipinski definition) is 2. The molecule has 31 heavy (non-hydrogen) atoms. The monoisotopic (exact) mass is 474 g/mol. The summed E-state index contributed by atoms with van der Waals surface area (Å²) < 4.78 is 6.26. The molecular formula is C24H19BrN4O2. The number of nitrogens with one attached hydrogen (secondary N) is 1. The second-order valence-corrected chi connectivity index (χ2v) is 7.51. The molecule has 1 aromatic heterocycles. The van der Waals surface area contributed by atoms with Gasteiger partial charge in [0.15, 0.2) is 5.84 Å². The number of aromatic hydroxyl groups is 1. The molecule has 3 aromatic carbocycles. The van der Waals surface area contributed by atoms with Crippen molar-refractivity contribution >= 4 is 44.6 Å². The van der Waals surface area contributed by atoms with Gasteiger partial charge in [0, 0.05) is 15.4 Å². The topological polar surface area (TPSA) is 79.1 Å². The largest absolute Gasteiger partial charge is 0.507 e. The number of ether oxygens (including phenoxy) is 1. The van der Waals surface area contributed by atoms with Crippen molar-refractivity contribution in [1.82, 2.24) is 10.4 Å². The van der Waals surface area contributed by atoms with Crippen molar-refractivity contribution in [2.24, 2.45) is 10.1 Å². The molecule has 1 heterocycles. The van der Waals surface area contributed by atoms with Crippen molar-refractivity contribution in [1.29, 1.82) is 0 Å². The Morgan fingerprint density at radius 1 is 1.03 bits per heavy atom. The van der Waals surface area contributed by atoms with Gasteiger partial charge in [-0.25, -0.2) is 9.98 Å². The second kappa shape index (κ2) is 9.40. The van der Waals surface area contributed by atoms with Crippen molar-refractivity contribution in [2.45, 2.75) is 0 Å². The fourth-order valence-corrected chi connectivity index (χ4v) is 3.35. The lowest BCUT2D eigenvalue weighted by Crippen LogP contribution is -2.20. The summed E-state index contributed by atoms with van der Waals surface area (Å²) >= 11 is 3.40. The van der Waals surface area contributed by atoms with Gasteiger partial charge in [-0.1, -0.05) is 52.3 Å². The van der Waals surface area contributed by atoms with Gasteiger partial charge in [-0.3, -0.25) is 5.43 Å². The van der Waals surface area contributed by atoms with E-state index in [0.29, 0.717) is 28.5 Å². The summed E-state index contributed by atoms with van der Waals surface area (Å²) in [5.41, 5.74) is 5.65. The molecule has 0 spiro atoms. The number of rotatable bonds is 5. The predicted octanol–water partition coefficient (Wildman–Crippen LogP) is 5.41. The predicted molar refractivity (Wildman–Crippen MR) is 127 cm³/mol. The molecule has 0 aliphatic rings. The molecular weight excluding hydrogens is 456 g/mol. The molecule has 6 nitrogen and oxygen atoms in total. The van der Waals surface area contributed by atoms with Gasteiger partial charge in [-0.05, 0) is 42.5 Å². The Morgan fingerprint density at radius 3 is 2.71 bits per heavy atom. The van der Waals surface area contributed by atoms with Crippen LogP contribution < -0.4 is 10.2 Å². The van der Waals surface area contributed by atoms with Crippen LogP contribution in [0.4, 0.5) is 5.69 Å². The molecule has 0 atom stereocenters. The van der Waals surface area contributed by atoms with Crippen LogP contribution in [0.15, 0.2) is 93.4 Å². The molecule has 0 radical (unpaired) electrons. The summed E-state index contributed by atoms with van der Waals surface area (Å²) in [6, 6.07) is 24.3. The highest BCUT2D eigenvalue weighted by Gasteiger charge is 2.09. The molecule has 4 rings (SSSR count). The Morgan fingerprint density at radius 2 is 1.84 bits per heavy atom. The van der Waals surface area contributed by atoms with Crippen LogP contribution in [0.5, 0.6) is 11.5 Å². The molecule has 0 amide bonds. The molecule has 154 valence electrons. The zero-order valence-electron chi connectivity index (χ0n) is 16.7. The molecule has 0 saturated heterocycles. The summed E-state index contributed by atoms with van der Waals surface area (Å²) in [5, 5.41) is 15.4. The summed E-state index contributed by atoms with van der Waals surface area (Å²) in [7, 11) is 1.60. The van der Waals surface area contributed by atoms with Crippen molar-refractivity contribution in [3.8, 4) is 11.5 Å². The number of nitrogens with zero attached hydrogens (tertiary/aromatic N) is 3. The Kier molecular flexibility index (Phi) is 6.24. The minimum absolute atomic E-state index is 0.126. The van der Waals surface area contributed by atoms with E-state index in [1.165, 1.54) is 6.21 Å². The first-order valence-electron chi connectivity index (χ1n) is 9.49. The second-order valence-electron chi connectivity index (χ2n) is 6.59. The first kappa shape index (κ1) is 20.6. The van der Waals surface area contributed by atoms with Gasteiger partial charge in [0.1, 0.15) is 22.9 Å². The fraction of sp³-hybridized carbons (Fsp3) is 0.0417. The first-order valence-corrected chi connectivity index (χ1v) is 10.3. The van der Waals surface area contributed by atoms with Gasteiger partial charge in [-0.2, -0.15) is 5.10 Å². The van der Waals surface area contributed by atoms with Gasteiger partial charge in [0.05, 0.1) is 18.8 Å². The molecule has 7 heteroatoms. The van der Waals surface area contributed by atoms with E-state index in [9.17, 15) is 5.11 Å². The molecule has 0 aliphatic heterocycles. The molecule has 0 aliphatic carbocycles. The number of benzene rings is 3. The van der Waals surface area contributed by atoms with Gasteiger partial charge < -0.3 is 9.84 Å². The van der Waals surface area contributed by atoms with Crippen molar-refractivity contribution in [3.05, 3.63) is 94.6 Å². The summed E-state index contributed by atoms with van der Waals surface area (Å²) in [6.07, 6.45) is 1.53. The number of methoxy groups -OCH3 is 1. The van der Waals surface area contributed by atoms with Crippen LogP contribution in [0, 0.1) is 0 Å². The maximum Gasteiger partial charge on any atom is 0.173 e. The lowest BCUT2D eigenvalue weighted by molar-refractivity contribution is 0.416. The zero-order chi connectivity index (χ0) is 21.6. The van der Waals surface area contributed by atoms with E-state index in [4.69, 9.17) is 14.7 Å². The summed E-state index contributed by atoms with van der Waals surface area (Å²) in [4.78, 5) is 9.43. The van der Waals surface area contributed by atoms with Crippen molar-refractivity contribution in [2.75, 3.05) is 7.11 Å². The maximum atomic E-state index is 10.0. The summed E-state index contributed by atoms with van der Waals surface area (Å²) in [6.45, 7) is 0. The standard InChI is InChI=1S/C24H19BrN4O2/c1-31-23-9-5-4-8-20(23)28-24(21-12-10-16-6-2-3-7-19(16)27-21)29-26-15-17-14-18(25)11-13-22(17)30/h2-15,30H,1H3,(H,28,29)/b26-15+. The number of amidine groups is 1. The molecule has 0 bridgehead atoms. The van der Waals surface area contributed by atoms with Gasteiger partial charge in [-0.15, -0.1) is 0 Å². The van der Waals surface area contributed by atoms with Crippen LogP contribution in [0.3, 0.4) is 0 Å². The minimum atomic E-state index is 0.126. The van der Waals surface area contributed by atoms with Crippen LogP contribution in [-0.2, 0) is 0 Å². The maximum absolute atomic E-state index is 10.0. The smallest absolute Gasteiger partial charge is 0.173 e. The highest BCUT2D eigenvalue weighted by atomic mass is 79.9. The number of pyridine rings is 1. The molecule has 0 fully saturated rings. The molecule has 0 unspecified atom stereocenters. The lowest BCUT2D eigenvalue weighted by Gasteiger charge is -2.09. The van der Waals surface area contributed by atoms with Crippen LogP contribution in [0.25, 0.3) is 10.9 Å². The number of phenolic OH excluding ortho intramolecular Hbond substituents is 1. The normalized spacial score (nSPS) is 11.7. The molecule has 0 saturated carbocycles. The lowest BCUT2D eigenvalue weighted by atomic mass is 10.2. The molecule has 4 aromatic rings. The Labute approximate surface area is 188 Å². The minimum Gasteiger partial charge on any atom is -0.507 e. The van der Waals surface area contributed by atoms with E-state index >= 15 is 0 Å². The number of para-hydroxylation sites is 3. The Bertz CT molecular complexity index is 1290. The number of hydrazone groups is 1. The number of phenols is 1. The van der Waals surface area contributed by atoms with Gasteiger partial charge >= 0.3 is 0 Å². The van der Waals surface area contributed by atoms with Crippen molar-refractivity contribution < 1.29 is 9.84 Å². The number of aromatic nitrogens is 1. The molecule has 2 N–H and O–H groups in total. The third-order valence-electron chi connectivity index (χ3n) is 4.52.